The molecule has 0 unspecified atom stereocenters. The molecule has 0 radical (unpaired) electrons. The number of carbonyl (C=O) groups is 1. The number of aryl methyl sites for hydroxylation is 1. The average Bonchev–Trinajstić information content (AvgIpc) is 3.18. The van der Waals surface area contributed by atoms with Crippen LogP contribution in [0.3, 0.4) is 0 Å². The van der Waals surface area contributed by atoms with E-state index < -0.39 is 5.97 Å². The molecule has 0 saturated heterocycles. The van der Waals surface area contributed by atoms with Gasteiger partial charge < -0.3 is 14.2 Å². The van der Waals surface area contributed by atoms with Gasteiger partial charge in [0.15, 0.2) is 11.5 Å². The van der Waals surface area contributed by atoms with Crippen molar-refractivity contribution < 1.29 is 19.0 Å². The highest BCUT2D eigenvalue weighted by atomic mass is 32.1. The Morgan fingerprint density at radius 2 is 1.86 bits per heavy atom. The van der Waals surface area contributed by atoms with Gasteiger partial charge in [-0.25, -0.2) is 9.78 Å². The number of carbonyl (C=O) groups excluding carboxylic acids is 1. The zero-order valence-electron chi connectivity index (χ0n) is 16.1. The summed E-state index contributed by atoms with van der Waals surface area (Å²) in [4.78, 5) is 16.7. The van der Waals surface area contributed by atoms with Crippen molar-refractivity contribution in [1.82, 2.24) is 4.98 Å². The maximum atomic E-state index is 12.4. The smallest absolute Gasteiger partial charge is 0.343 e. The van der Waals surface area contributed by atoms with Gasteiger partial charge in [0, 0.05) is 11.1 Å². The van der Waals surface area contributed by atoms with E-state index in [0.717, 1.165) is 11.3 Å². The van der Waals surface area contributed by atoms with Gasteiger partial charge in [0.2, 0.25) is 0 Å². The monoisotopic (exact) mass is 406 g/mol. The minimum absolute atomic E-state index is 0.286. The van der Waals surface area contributed by atoms with E-state index in [4.69, 9.17) is 14.2 Å². The maximum Gasteiger partial charge on any atom is 0.343 e. The van der Waals surface area contributed by atoms with Crippen molar-refractivity contribution in [2.24, 2.45) is 0 Å². The van der Waals surface area contributed by atoms with Gasteiger partial charge in [-0.05, 0) is 55.0 Å². The van der Waals surface area contributed by atoms with Crippen LogP contribution in [-0.4, -0.2) is 25.2 Å². The summed E-state index contributed by atoms with van der Waals surface area (Å²) in [7, 11) is 3.05. The van der Waals surface area contributed by atoms with Crippen LogP contribution in [0.4, 0.5) is 0 Å². The number of nitrogens with zero attached hydrogens (tertiary/aromatic N) is 2. The van der Waals surface area contributed by atoms with Crippen LogP contribution in [0.1, 0.15) is 26.6 Å². The molecular formula is C22H18N2O4S. The molecule has 3 aromatic rings. The molecular weight excluding hydrogens is 388 g/mol. The van der Waals surface area contributed by atoms with Crippen LogP contribution in [0.5, 0.6) is 17.2 Å². The fourth-order valence-corrected chi connectivity index (χ4v) is 3.29. The van der Waals surface area contributed by atoms with Crippen LogP contribution in [-0.2, 0) is 0 Å². The molecule has 146 valence electrons. The molecule has 0 N–H and O–H groups in total. The molecule has 0 bridgehead atoms. The summed E-state index contributed by atoms with van der Waals surface area (Å²) in [6.07, 6.45) is 1.72. The van der Waals surface area contributed by atoms with Gasteiger partial charge in [0.05, 0.1) is 25.4 Å². The number of aromatic nitrogens is 1. The number of allylic oxidation sites excluding steroid dienone is 1. The molecule has 0 aliphatic carbocycles. The van der Waals surface area contributed by atoms with Gasteiger partial charge in [-0.3, -0.25) is 0 Å². The van der Waals surface area contributed by atoms with Crippen LogP contribution in [0.15, 0.2) is 47.8 Å². The van der Waals surface area contributed by atoms with Crippen molar-refractivity contribution in [3.05, 3.63) is 69.7 Å². The van der Waals surface area contributed by atoms with E-state index in [0.29, 0.717) is 27.6 Å². The van der Waals surface area contributed by atoms with Gasteiger partial charge in [-0.15, -0.1) is 11.3 Å². The molecule has 2 aromatic carbocycles. The Balaban J connectivity index is 1.83. The molecule has 29 heavy (non-hydrogen) atoms. The van der Waals surface area contributed by atoms with Crippen LogP contribution in [0.25, 0.3) is 11.6 Å². The van der Waals surface area contributed by atoms with Crippen LogP contribution in [0.2, 0.25) is 0 Å². The Labute approximate surface area is 172 Å². The van der Waals surface area contributed by atoms with Crippen LogP contribution >= 0.6 is 11.3 Å². The topological polar surface area (TPSA) is 81.4 Å². The van der Waals surface area contributed by atoms with E-state index in [-0.39, 0.29) is 5.75 Å². The zero-order chi connectivity index (χ0) is 20.8. The predicted molar refractivity (Wildman–Crippen MR) is 111 cm³/mol. The van der Waals surface area contributed by atoms with Gasteiger partial charge >= 0.3 is 5.97 Å². The van der Waals surface area contributed by atoms with Gasteiger partial charge in [0.1, 0.15) is 16.8 Å². The number of hydrogen-bond acceptors (Lipinski definition) is 7. The molecule has 0 atom stereocenters. The van der Waals surface area contributed by atoms with Crippen molar-refractivity contribution in [3.8, 4) is 23.3 Å². The largest absolute Gasteiger partial charge is 0.497 e. The van der Waals surface area contributed by atoms with Gasteiger partial charge in [-0.2, -0.15) is 5.26 Å². The molecule has 1 aromatic heterocycles. The highest BCUT2D eigenvalue weighted by Gasteiger charge is 2.14. The van der Waals surface area contributed by atoms with Gasteiger partial charge in [0.25, 0.3) is 0 Å². The second-order valence-corrected chi connectivity index (χ2v) is 6.85. The lowest BCUT2D eigenvalue weighted by Crippen LogP contribution is -2.09. The lowest BCUT2D eigenvalue weighted by Gasteiger charge is -2.10. The molecule has 0 aliphatic heterocycles. The minimum atomic E-state index is -0.509. The molecule has 0 aliphatic rings. The van der Waals surface area contributed by atoms with Crippen LogP contribution < -0.4 is 14.2 Å². The van der Waals surface area contributed by atoms with E-state index >= 15 is 0 Å². The molecule has 3 rings (SSSR count). The molecule has 7 heteroatoms. The van der Waals surface area contributed by atoms with Crippen molar-refractivity contribution in [2.75, 3.05) is 14.2 Å². The third-order valence-electron chi connectivity index (χ3n) is 4.00. The lowest BCUT2D eigenvalue weighted by molar-refractivity contribution is 0.0729. The van der Waals surface area contributed by atoms with Gasteiger partial charge in [-0.1, -0.05) is 6.07 Å². The predicted octanol–water partition coefficient (Wildman–Crippen LogP) is 4.75. The molecule has 0 fully saturated rings. The Bertz CT molecular complexity index is 1090. The minimum Gasteiger partial charge on any atom is -0.497 e. The van der Waals surface area contributed by atoms with E-state index in [2.05, 4.69) is 11.1 Å². The van der Waals surface area contributed by atoms with E-state index in [1.165, 1.54) is 18.4 Å². The normalized spacial score (nSPS) is 10.9. The molecule has 0 spiro atoms. The third-order valence-corrected chi connectivity index (χ3v) is 4.99. The van der Waals surface area contributed by atoms with Crippen molar-refractivity contribution >= 4 is 29.0 Å². The summed E-state index contributed by atoms with van der Waals surface area (Å²) in [6.45, 7) is 1.88. The standard InChI is InChI=1S/C22H18N2O4S/c1-14-13-29-21(24-14)17(12-23)10-15-4-9-19(20(11-15)27-3)28-22(25)16-5-7-18(26-2)8-6-16/h4-11,13H,1-3H3/b17-10+. The number of benzene rings is 2. The second-order valence-electron chi connectivity index (χ2n) is 5.99. The molecule has 1 heterocycles. The van der Waals surface area contributed by atoms with Crippen molar-refractivity contribution in [1.29, 1.82) is 5.26 Å². The zero-order valence-corrected chi connectivity index (χ0v) is 16.9. The number of thiazole rings is 1. The first-order chi connectivity index (χ1) is 14.0. The third kappa shape index (κ3) is 4.81. The lowest BCUT2D eigenvalue weighted by atomic mass is 10.1. The summed E-state index contributed by atoms with van der Waals surface area (Å²) < 4.78 is 15.9. The highest BCUT2D eigenvalue weighted by molar-refractivity contribution is 7.11. The quantitative estimate of drug-likeness (QED) is 0.334. The molecule has 6 nitrogen and oxygen atoms in total. The molecule has 0 amide bonds. The first kappa shape index (κ1) is 20.1. The fourth-order valence-electron chi connectivity index (χ4n) is 2.53. The summed E-state index contributed by atoms with van der Waals surface area (Å²) in [6, 6.07) is 13.9. The summed E-state index contributed by atoms with van der Waals surface area (Å²) in [5.74, 6) is 0.812. The summed E-state index contributed by atoms with van der Waals surface area (Å²) in [5, 5.41) is 12.0. The SMILES string of the molecule is COc1ccc(C(=O)Oc2ccc(/C=C(\C#N)c3nc(C)cs3)cc2OC)cc1. The first-order valence-electron chi connectivity index (χ1n) is 8.62. The number of hydrogen-bond donors (Lipinski definition) is 0. The second kappa shape index (κ2) is 9.04. The first-order valence-corrected chi connectivity index (χ1v) is 9.50. The Morgan fingerprint density at radius 1 is 1.10 bits per heavy atom. The fraction of sp³-hybridized carbons (Fsp3) is 0.136. The van der Waals surface area contributed by atoms with E-state index in [1.54, 1.807) is 55.7 Å². The Hall–Kier alpha value is -3.63. The number of esters is 1. The molecule has 0 saturated carbocycles. The maximum absolute atomic E-state index is 12.4. The number of rotatable bonds is 6. The highest BCUT2D eigenvalue weighted by Crippen LogP contribution is 2.31. The summed E-state index contributed by atoms with van der Waals surface area (Å²) >= 11 is 1.41. The van der Waals surface area contributed by atoms with Crippen molar-refractivity contribution in [3.63, 3.8) is 0 Å². The van der Waals surface area contributed by atoms with E-state index in [1.807, 2.05) is 12.3 Å². The Morgan fingerprint density at radius 3 is 2.45 bits per heavy atom. The number of ether oxygens (including phenoxy) is 3. The van der Waals surface area contributed by atoms with Crippen LogP contribution in [0, 0.1) is 18.3 Å². The number of methoxy groups -OCH3 is 2. The Kier molecular flexibility index (Phi) is 6.27. The summed E-state index contributed by atoms with van der Waals surface area (Å²) in [5.41, 5.74) is 2.44. The number of nitriles is 1. The van der Waals surface area contributed by atoms with Crippen molar-refractivity contribution in [2.45, 2.75) is 6.92 Å². The average molecular weight is 406 g/mol. The van der Waals surface area contributed by atoms with E-state index in [9.17, 15) is 10.1 Å².